The first-order valence-corrected chi connectivity index (χ1v) is 14.3. The number of aromatic nitrogens is 3. The van der Waals surface area contributed by atoms with Gasteiger partial charge in [0, 0.05) is 28.7 Å². The number of amides is 1. The van der Waals surface area contributed by atoms with Crippen LogP contribution in [0.4, 0.5) is 5.13 Å². The third kappa shape index (κ3) is 5.83. The van der Waals surface area contributed by atoms with Crippen molar-refractivity contribution in [1.29, 1.82) is 0 Å². The summed E-state index contributed by atoms with van der Waals surface area (Å²) in [5, 5.41) is 20.7. The van der Waals surface area contributed by atoms with Crippen LogP contribution in [0.15, 0.2) is 83.0 Å². The molecule has 11 heteroatoms. The number of Topliss-reactive ketones (excluding diaryl/α,β-unsaturated/α-hetero) is 1. The fourth-order valence-corrected chi connectivity index (χ4v) is 6.00. The van der Waals surface area contributed by atoms with Gasteiger partial charge in [0.15, 0.2) is 4.34 Å². The SMILES string of the molecule is CCCOc1ccc(/C(O)=C2/C(=O)C(=O)N(c3nnc(SCc4ccc(Cl)cc4)s3)C2c2cccnc2)cc1. The number of nitrogens with zero attached hydrogens (tertiary/aromatic N) is 4. The second kappa shape index (κ2) is 12.0. The summed E-state index contributed by atoms with van der Waals surface area (Å²) in [6.07, 6.45) is 4.03. The molecule has 1 atom stereocenters. The minimum atomic E-state index is -0.920. The molecule has 0 spiro atoms. The summed E-state index contributed by atoms with van der Waals surface area (Å²) in [5.74, 6) is -0.602. The summed E-state index contributed by atoms with van der Waals surface area (Å²) in [7, 11) is 0. The average Bonchev–Trinajstić information content (AvgIpc) is 3.54. The molecule has 1 unspecified atom stereocenters. The molecule has 1 amide bonds. The molecule has 8 nitrogen and oxygen atoms in total. The maximum atomic E-state index is 13.3. The van der Waals surface area contributed by atoms with Crippen LogP contribution in [0.3, 0.4) is 0 Å². The van der Waals surface area contributed by atoms with E-state index in [0.29, 0.717) is 38.6 Å². The second-order valence-corrected chi connectivity index (χ2v) is 11.2. The van der Waals surface area contributed by atoms with E-state index >= 15 is 0 Å². The van der Waals surface area contributed by atoms with E-state index in [2.05, 4.69) is 15.2 Å². The van der Waals surface area contributed by atoms with E-state index in [1.165, 1.54) is 28.0 Å². The second-order valence-electron chi connectivity index (χ2n) is 8.59. The summed E-state index contributed by atoms with van der Waals surface area (Å²) >= 11 is 8.63. The standard InChI is InChI=1S/C28H23ClN4O4S2/c1-2-14-37-21-11-7-18(8-12-21)24(34)22-23(19-4-3-13-30-15-19)33(26(36)25(22)35)27-31-32-28(39-27)38-16-17-5-9-20(29)10-6-17/h3-13,15,23,34H,2,14,16H2,1H3/b24-22-. The van der Waals surface area contributed by atoms with E-state index < -0.39 is 17.7 Å². The van der Waals surface area contributed by atoms with Gasteiger partial charge >= 0.3 is 5.91 Å². The van der Waals surface area contributed by atoms with Gasteiger partial charge in [0.2, 0.25) is 5.13 Å². The summed E-state index contributed by atoms with van der Waals surface area (Å²) < 4.78 is 6.25. The number of aliphatic hydroxyl groups excluding tert-OH is 1. The number of anilines is 1. The molecule has 198 valence electrons. The molecule has 1 N–H and O–H groups in total. The van der Waals surface area contributed by atoms with Gasteiger partial charge in [0.1, 0.15) is 11.5 Å². The van der Waals surface area contributed by atoms with Crippen LogP contribution in [0.5, 0.6) is 5.75 Å². The normalized spacial score (nSPS) is 16.6. The Kier molecular flexibility index (Phi) is 8.25. The van der Waals surface area contributed by atoms with Crippen LogP contribution in [-0.2, 0) is 15.3 Å². The highest BCUT2D eigenvalue weighted by Crippen LogP contribution is 2.44. The number of benzene rings is 2. The Hall–Kier alpha value is -3.73. The molecule has 0 radical (unpaired) electrons. The average molecular weight is 579 g/mol. The molecular formula is C28H23ClN4O4S2. The Morgan fingerprint density at radius 2 is 1.87 bits per heavy atom. The summed E-state index contributed by atoms with van der Waals surface area (Å²) in [4.78, 5) is 32.1. The first-order chi connectivity index (χ1) is 19.0. The summed E-state index contributed by atoms with van der Waals surface area (Å²) in [6, 6.07) is 16.8. The lowest BCUT2D eigenvalue weighted by atomic mass is 9.96. The number of ketones is 1. The monoisotopic (exact) mass is 578 g/mol. The van der Waals surface area contributed by atoms with Crippen molar-refractivity contribution in [2.24, 2.45) is 0 Å². The molecule has 2 aromatic heterocycles. The van der Waals surface area contributed by atoms with Crippen LogP contribution in [-0.4, -0.2) is 38.6 Å². The molecule has 0 saturated carbocycles. The molecule has 3 heterocycles. The zero-order chi connectivity index (χ0) is 27.4. The number of hydrogen-bond acceptors (Lipinski definition) is 9. The Morgan fingerprint density at radius 3 is 2.56 bits per heavy atom. The van der Waals surface area contributed by atoms with Gasteiger partial charge in [-0.2, -0.15) is 0 Å². The Balaban J connectivity index is 1.48. The number of hydrogen-bond donors (Lipinski definition) is 1. The Bertz CT molecular complexity index is 1510. The quantitative estimate of drug-likeness (QED) is 0.0811. The van der Waals surface area contributed by atoms with Crippen molar-refractivity contribution in [2.75, 3.05) is 11.5 Å². The molecule has 4 aromatic rings. The van der Waals surface area contributed by atoms with Gasteiger partial charge in [0.25, 0.3) is 5.78 Å². The molecule has 2 aromatic carbocycles. The lowest BCUT2D eigenvalue weighted by molar-refractivity contribution is -0.132. The fourth-order valence-electron chi connectivity index (χ4n) is 4.05. The number of ether oxygens (including phenoxy) is 1. The number of thioether (sulfide) groups is 1. The van der Waals surface area contributed by atoms with Crippen LogP contribution in [0.1, 0.15) is 36.1 Å². The third-order valence-corrected chi connectivity index (χ3v) is 8.30. The maximum absolute atomic E-state index is 13.3. The van der Waals surface area contributed by atoms with E-state index in [4.69, 9.17) is 16.3 Å². The van der Waals surface area contributed by atoms with E-state index in [9.17, 15) is 14.7 Å². The molecule has 0 bridgehead atoms. The van der Waals surface area contributed by atoms with Crippen molar-refractivity contribution in [3.63, 3.8) is 0 Å². The van der Waals surface area contributed by atoms with Crippen LogP contribution in [0.25, 0.3) is 5.76 Å². The van der Waals surface area contributed by atoms with Gasteiger partial charge in [-0.1, -0.05) is 59.8 Å². The number of halogens is 1. The van der Waals surface area contributed by atoms with Gasteiger partial charge in [0.05, 0.1) is 18.2 Å². The van der Waals surface area contributed by atoms with E-state index in [1.807, 2.05) is 31.2 Å². The van der Waals surface area contributed by atoms with Crippen LogP contribution < -0.4 is 9.64 Å². The highest BCUT2D eigenvalue weighted by atomic mass is 35.5. The predicted molar refractivity (Wildman–Crippen MR) is 152 cm³/mol. The maximum Gasteiger partial charge on any atom is 0.301 e. The van der Waals surface area contributed by atoms with Crippen molar-refractivity contribution < 1.29 is 19.4 Å². The lowest BCUT2D eigenvalue weighted by Gasteiger charge is -2.22. The minimum absolute atomic E-state index is 0.0409. The van der Waals surface area contributed by atoms with Crippen molar-refractivity contribution in [1.82, 2.24) is 15.2 Å². The predicted octanol–water partition coefficient (Wildman–Crippen LogP) is 6.29. The van der Waals surface area contributed by atoms with E-state index in [-0.39, 0.29) is 16.5 Å². The van der Waals surface area contributed by atoms with Gasteiger partial charge in [-0.25, -0.2) is 0 Å². The first-order valence-electron chi connectivity index (χ1n) is 12.1. The van der Waals surface area contributed by atoms with Crippen LogP contribution in [0.2, 0.25) is 5.02 Å². The van der Waals surface area contributed by atoms with Crippen LogP contribution >= 0.6 is 34.7 Å². The highest BCUT2D eigenvalue weighted by molar-refractivity contribution is 8.00. The Morgan fingerprint density at radius 1 is 1.10 bits per heavy atom. The van der Waals surface area contributed by atoms with Gasteiger partial charge in [-0.05, 0) is 60.0 Å². The van der Waals surface area contributed by atoms with Crippen molar-refractivity contribution in [2.45, 2.75) is 29.5 Å². The zero-order valence-electron chi connectivity index (χ0n) is 20.8. The van der Waals surface area contributed by atoms with Crippen LogP contribution in [0, 0.1) is 0 Å². The number of aliphatic hydroxyl groups is 1. The molecule has 5 rings (SSSR count). The fraction of sp³-hybridized carbons (Fsp3) is 0.179. The molecule has 1 saturated heterocycles. The van der Waals surface area contributed by atoms with Gasteiger partial charge in [-0.15, -0.1) is 10.2 Å². The molecular weight excluding hydrogens is 556 g/mol. The number of pyridine rings is 1. The smallest absolute Gasteiger partial charge is 0.301 e. The number of carbonyl (C=O) groups excluding carboxylic acids is 2. The van der Waals surface area contributed by atoms with Gasteiger partial charge < -0.3 is 9.84 Å². The van der Waals surface area contributed by atoms with Gasteiger partial charge in [-0.3, -0.25) is 19.5 Å². The molecule has 1 fully saturated rings. The highest BCUT2D eigenvalue weighted by Gasteiger charge is 2.48. The summed E-state index contributed by atoms with van der Waals surface area (Å²) in [5.41, 5.74) is 1.97. The zero-order valence-corrected chi connectivity index (χ0v) is 23.2. The van der Waals surface area contributed by atoms with Crippen molar-refractivity contribution in [3.05, 3.63) is 100 Å². The Labute approximate surface area is 238 Å². The lowest BCUT2D eigenvalue weighted by Crippen LogP contribution is -2.29. The first kappa shape index (κ1) is 26.9. The van der Waals surface area contributed by atoms with Crippen molar-refractivity contribution >= 4 is 57.3 Å². The third-order valence-electron chi connectivity index (χ3n) is 5.92. The van der Waals surface area contributed by atoms with Crippen molar-refractivity contribution in [3.8, 4) is 5.75 Å². The molecule has 0 aliphatic carbocycles. The number of carbonyl (C=O) groups is 2. The molecule has 1 aliphatic rings. The molecule has 1 aliphatic heterocycles. The minimum Gasteiger partial charge on any atom is -0.507 e. The molecule has 39 heavy (non-hydrogen) atoms. The van der Waals surface area contributed by atoms with E-state index in [0.717, 1.165) is 12.0 Å². The number of rotatable bonds is 9. The van der Waals surface area contributed by atoms with E-state index in [1.54, 1.807) is 48.8 Å². The largest absolute Gasteiger partial charge is 0.507 e. The topological polar surface area (TPSA) is 106 Å². The summed E-state index contributed by atoms with van der Waals surface area (Å²) in [6.45, 7) is 2.58.